The van der Waals surface area contributed by atoms with Crippen molar-refractivity contribution in [3.63, 3.8) is 0 Å². The maximum absolute atomic E-state index is 6.45. The zero-order valence-corrected chi connectivity index (χ0v) is 15.2. The molecule has 0 bridgehead atoms. The maximum atomic E-state index is 6.45. The highest BCUT2D eigenvalue weighted by molar-refractivity contribution is 8.00. The smallest absolute Gasteiger partial charge is 0.145 e. The first kappa shape index (κ1) is 16.4. The molecular formula is C21H22N2OS. The van der Waals surface area contributed by atoms with Crippen LogP contribution in [0.15, 0.2) is 78.0 Å². The van der Waals surface area contributed by atoms with E-state index in [0.717, 1.165) is 25.3 Å². The molecule has 4 heteroatoms. The van der Waals surface area contributed by atoms with Gasteiger partial charge in [-0.3, -0.25) is 0 Å². The molecule has 2 unspecified atom stereocenters. The zero-order chi connectivity index (χ0) is 17.1. The minimum Gasteiger partial charge on any atom is -0.360 e. The van der Waals surface area contributed by atoms with Crippen LogP contribution in [0.2, 0.25) is 0 Å². The van der Waals surface area contributed by atoms with Gasteiger partial charge in [-0.25, -0.2) is 4.98 Å². The summed E-state index contributed by atoms with van der Waals surface area (Å²) in [5.41, 5.74) is 1.23. The molecule has 3 aromatic rings. The van der Waals surface area contributed by atoms with Gasteiger partial charge in [0, 0.05) is 29.8 Å². The summed E-state index contributed by atoms with van der Waals surface area (Å²) >= 11 is 1.82. The van der Waals surface area contributed by atoms with E-state index in [9.17, 15) is 0 Å². The number of hydrogen-bond donors (Lipinski definition) is 0. The molecule has 1 aromatic heterocycles. The SMILES string of the molecule is Cc1nccn1C1CCOC(Sc2ccccc2)(c2ccccc2)C1. The number of thioether (sulfide) groups is 1. The van der Waals surface area contributed by atoms with Crippen LogP contribution in [0.1, 0.15) is 30.3 Å². The fraction of sp³-hybridized carbons (Fsp3) is 0.286. The summed E-state index contributed by atoms with van der Waals surface area (Å²) in [7, 11) is 0. The lowest BCUT2D eigenvalue weighted by Crippen LogP contribution is -2.35. The van der Waals surface area contributed by atoms with Crippen LogP contribution in [0.5, 0.6) is 0 Å². The summed E-state index contributed by atoms with van der Waals surface area (Å²) in [6.07, 6.45) is 5.92. The van der Waals surface area contributed by atoms with Gasteiger partial charge < -0.3 is 9.30 Å². The van der Waals surface area contributed by atoms with Crippen LogP contribution in [-0.2, 0) is 9.67 Å². The molecule has 1 aliphatic heterocycles. The Morgan fingerprint density at radius 1 is 1.08 bits per heavy atom. The Kier molecular flexibility index (Phi) is 4.64. The van der Waals surface area contributed by atoms with Crippen LogP contribution in [0, 0.1) is 6.92 Å². The average molecular weight is 350 g/mol. The predicted octanol–water partition coefficient (Wildman–Crippen LogP) is 5.19. The standard InChI is InChI=1S/C21H22N2OS/c1-17-22-13-14-23(17)19-12-15-24-21(16-19,18-8-4-2-5-9-18)25-20-10-6-3-7-11-20/h2-11,13-14,19H,12,15-16H2,1H3. The van der Waals surface area contributed by atoms with E-state index in [2.05, 4.69) is 83.3 Å². The molecular weight excluding hydrogens is 328 g/mol. The molecule has 3 nitrogen and oxygen atoms in total. The topological polar surface area (TPSA) is 27.1 Å². The van der Waals surface area contributed by atoms with Crippen LogP contribution in [0.4, 0.5) is 0 Å². The number of aromatic nitrogens is 2. The minimum atomic E-state index is -0.373. The van der Waals surface area contributed by atoms with Crippen molar-refractivity contribution in [2.24, 2.45) is 0 Å². The molecule has 0 amide bonds. The molecule has 25 heavy (non-hydrogen) atoms. The van der Waals surface area contributed by atoms with E-state index in [1.165, 1.54) is 10.5 Å². The summed E-state index contributed by atoms with van der Waals surface area (Å²) in [6, 6.07) is 21.5. The maximum Gasteiger partial charge on any atom is 0.145 e. The summed E-state index contributed by atoms with van der Waals surface area (Å²) in [5.74, 6) is 1.07. The van der Waals surface area contributed by atoms with Gasteiger partial charge in [-0.05, 0) is 31.0 Å². The molecule has 1 saturated heterocycles. The molecule has 0 spiro atoms. The van der Waals surface area contributed by atoms with Crippen molar-refractivity contribution in [3.05, 3.63) is 84.4 Å². The summed E-state index contributed by atoms with van der Waals surface area (Å²) < 4.78 is 8.75. The summed E-state index contributed by atoms with van der Waals surface area (Å²) in [6.45, 7) is 2.82. The zero-order valence-electron chi connectivity index (χ0n) is 14.3. The van der Waals surface area contributed by atoms with Crippen molar-refractivity contribution < 1.29 is 4.74 Å². The monoisotopic (exact) mass is 350 g/mol. The van der Waals surface area contributed by atoms with Crippen molar-refractivity contribution in [2.75, 3.05) is 6.61 Å². The Morgan fingerprint density at radius 3 is 2.48 bits per heavy atom. The van der Waals surface area contributed by atoms with E-state index in [0.29, 0.717) is 6.04 Å². The highest BCUT2D eigenvalue weighted by atomic mass is 32.2. The second-order valence-electron chi connectivity index (χ2n) is 6.41. The van der Waals surface area contributed by atoms with Gasteiger partial charge in [-0.1, -0.05) is 60.3 Å². The third-order valence-electron chi connectivity index (χ3n) is 4.79. The molecule has 2 aromatic carbocycles. The van der Waals surface area contributed by atoms with Crippen molar-refractivity contribution in [3.8, 4) is 0 Å². The highest BCUT2D eigenvalue weighted by Gasteiger charge is 2.41. The van der Waals surface area contributed by atoms with E-state index < -0.39 is 0 Å². The molecule has 128 valence electrons. The van der Waals surface area contributed by atoms with Crippen LogP contribution < -0.4 is 0 Å². The lowest BCUT2D eigenvalue weighted by molar-refractivity contribution is -0.0346. The number of benzene rings is 2. The molecule has 2 atom stereocenters. The molecule has 4 rings (SSSR count). The molecule has 0 aliphatic carbocycles. The van der Waals surface area contributed by atoms with Crippen LogP contribution in [0.3, 0.4) is 0 Å². The van der Waals surface area contributed by atoms with Gasteiger partial charge in [0.1, 0.15) is 10.8 Å². The van der Waals surface area contributed by atoms with Crippen molar-refractivity contribution >= 4 is 11.8 Å². The third-order valence-corrected chi connectivity index (χ3v) is 6.14. The van der Waals surface area contributed by atoms with Crippen molar-refractivity contribution in [2.45, 2.75) is 35.6 Å². The Bertz CT molecular complexity index is 818. The van der Waals surface area contributed by atoms with Gasteiger partial charge >= 0.3 is 0 Å². The number of hydrogen-bond acceptors (Lipinski definition) is 3. The second kappa shape index (κ2) is 7.06. The van der Waals surface area contributed by atoms with Gasteiger partial charge in [0.25, 0.3) is 0 Å². The molecule has 0 saturated carbocycles. The summed E-state index contributed by atoms with van der Waals surface area (Å²) in [5, 5.41) is 0. The van der Waals surface area contributed by atoms with E-state index in [1.807, 2.05) is 18.0 Å². The molecule has 0 radical (unpaired) electrons. The van der Waals surface area contributed by atoms with Gasteiger partial charge in [0.15, 0.2) is 0 Å². The molecule has 1 fully saturated rings. The lowest BCUT2D eigenvalue weighted by Gasteiger charge is -2.41. The number of ether oxygens (including phenoxy) is 1. The molecule has 1 aliphatic rings. The largest absolute Gasteiger partial charge is 0.360 e. The van der Waals surface area contributed by atoms with E-state index >= 15 is 0 Å². The van der Waals surface area contributed by atoms with Crippen LogP contribution >= 0.6 is 11.8 Å². The van der Waals surface area contributed by atoms with Crippen LogP contribution in [-0.4, -0.2) is 16.2 Å². The quantitative estimate of drug-likeness (QED) is 0.648. The Labute approximate surface area is 153 Å². The Balaban J connectivity index is 1.71. The normalized spacial score (nSPS) is 23.5. The first-order chi connectivity index (χ1) is 12.3. The van der Waals surface area contributed by atoms with Gasteiger partial charge in [0.2, 0.25) is 0 Å². The van der Waals surface area contributed by atoms with E-state index in [-0.39, 0.29) is 4.93 Å². The molecule has 2 heterocycles. The van der Waals surface area contributed by atoms with Gasteiger partial charge in [-0.2, -0.15) is 0 Å². The van der Waals surface area contributed by atoms with Crippen LogP contribution in [0.25, 0.3) is 0 Å². The fourth-order valence-corrected chi connectivity index (χ4v) is 4.89. The minimum absolute atomic E-state index is 0.373. The first-order valence-corrected chi connectivity index (χ1v) is 9.51. The number of imidazole rings is 1. The second-order valence-corrected chi connectivity index (χ2v) is 7.75. The average Bonchev–Trinajstić information content (AvgIpc) is 3.09. The van der Waals surface area contributed by atoms with Gasteiger partial charge in [0.05, 0.1) is 6.61 Å². The third kappa shape index (κ3) is 3.37. The van der Waals surface area contributed by atoms with Crippen molar-refractivity contribution in [1.29, 1.82) is 0 Å². The Morgan fingerprint density at radius 2 is 1.80 bits per heavy atom. The number of aryl methyl sites for hydroxylation is 1. The number of rotatable bonds is 4. The highest BCUT2D eigenvalue weighted by Crippen LogP contribution is 2.50. The first-order valence-electron chi connectivity index (χ1n) is 8.70. The molecule has 0 N–H and O–H groups in total. The summed E-state index contributed by atoms with van der Waals surface area (Å²) in [4.78, 5) is 5.27. The Hall–Kier alpha value is -2.04. The number of nitrogens with zero attached hydrogens (tertiary/aromatic N) is 2. The van der Waals surface area contributed by atoms with E-state index in [4.69, 9.17) is 4.74 Å². The lowest BCUT2D eigenvalue weighted by atomic mass is 9.96. The fourth-order valence-electron chi connectivity index (χ4n) is 3.54. The van der Waals surface area contributed by atoms with Gasteiger partial charge in [-0.15, -0.1) is 0 Å². The predicted molar refractivity (Wildman–Crippen MR) is 102 cm³/mol. The van der Waals surface area contributed by atoms with Crippen molar-refractivity contribution in [1.82, 2.24) is 9.55 Å². The van der Waals surface area contributed by atoms with E-state index in [1.54, 1.807) is 0 Å².